The number of hydrogen-bond acceptors (Lipinski definition) is 6. The molecule has 6 heteroatoms. The normalized spacial score (nSPS) is 14.6. The van der Waals surface area contributed by atoms with E-state index in [1.54, 1.807) is 17.5 Å². The van der Waals surface area contributed by atoms with Gasteiger partial charge in [-0.1, -0.05) is 24.3 Å². The molecule has 3 aromatic heterocycles. The highest BCUT2D eigenvalue weighted by Gasteiger charge is 2.08. The Balaban J connectivity index is 1.42. The standard InChI is InChI=1S/C19H19N5S/c1-2-10-24(11-3-1)14-15-7-8-17(21-13-15)23-18-6-4-5-16(22-18)19-20-9-12-25-19/h1-2,4-9,12-13H,3,10-11,14H2,(H,21,22,23). The third-order valence-electron chi connectivity index (χ3n) is 4.03. The van der Waals surface area contributed by atoms with Crippen LogP contribution < -0.4 is 5.32 Å². The number of thiazole rings is 1. The zero-order valence-corrected chi connectivity index (χ0v) is 14.6. The minimum atomic E-state index is 0.772. The largest absolute Gasteiger partial charge is 0.325 e. The lowest BCUT2D eigenvalue weighted by Gasteiger charge is -2.22. The Kier molecular flexibility index (Phi) is 4.81. The third-order valence-corrected chi connectivity index (χ3v) is 4.83. The maximum Gasteiger partial charge on any atom is 0.141 e. The first-order valence-corrected chi connectivity index (χ1v) is 9.21. The van der Waals surface area contributed by atoms with Crippen molar-refractivity contribution in [2.45, 2.75) is 13.0 Å². The molecular formula is C19H19N5S. The highest BCUT2D eigenvalue weighted by Crippen LogP contribution is 2.22. The molecule has 0 aliphatic carbocycles. The van der Waals surface area contributed by atoms with Gasteiger partial charge in [-0.25, -0.2) is 15.0 Å². The molecule has 4 rings (SSSR count). The van der Waals surface area contributed by atoms with E-state index in [9.17, 15) is 0 Å². The summed E-state index contributed by atoms with van der Waals surface area (Å²) in [5.74, 6) is 1.57. The fourth-order valence-electron chi connectivity index (χ4n) is 2.79. The van der Waals surface area contributed by atoms with Gasteiger partial charge in [0.05, 0.1) is 0 Å². The van der Waals surface area contributed by atoms with Crippen molar-refractivity contribution in [1.82, 2.24) is 19.9 Å². The van der Waals surface area contributed by atoms with Gasteiger partial charge in [0.15, 0.2) is 0 Å². The monoisotopic (exact) mass is 349 g/mol. The van der Waals surface area contributed by atoms with Gasteiger partial charge in [-0.3, -0.25) is 4.90 Å². The van der Waals surface area contributed by atoms with Crippen LogP contribution in [0.5, 0.6) is 0 Å². The fourth-order valence-corrected chi connectivity index (χ4v) is 3.39. The molecule has 5 nitrogen and oxygen atoms in total. The van der Waals surface area contributed by atoms with Crippen molar-refractivity contribution >= 4 is 23.0 Å². The van der Waals surface area contributed by atoms with Crippen LogP contribution in [0.15, 0.2) is 60.3 Å². The summed E-state index contributed by atoms with van der Waals surface area (Å²) in [4.78, 5) is 15.9. The Morgan fingerprint density at radius 3 is 2.84 bits per heavy atom. The molecule has 0 fully saturated rings. The van der Waals surface area contributed by atoms with E-state index in [0.29, 0.717) is 0 Å². The van der Waals surface area contributed by atoms with Gasteiger partial charge in [0, 0.05) is 37.4 Å². The quantitative estimate of drug-likeness (QED) is 0.703. The molecule has 3 aromatic rings. The minimum Gasteiger partial charge on any atom is -0.325 e. The molecule has 0 bridgehead atoms. The van der Waals surface area contributed by atoms with Gasteiger partial charge in [-0.15, -0.1) is 11.3 Å². The molecule has 0 saturated carbocycles. The van der Waals surface area contributed by atoms with Crippen LogP contribution in [-0.4, -0.2) is 32.9 Å². The molecule has 0 saturated heterocycles. The Hall–Kier alpha value is -2.57. The molecule has 0 unspecified atom stereocenters. The van der Waals surface area contributed by atoms with E-state index >= 15 is 0 Å². The number of nitrogens with zero attached hydrogens (tertiary/aromatic N) is 4. The second-order valence-electron chi connectivity index (χ2n) is 5.92. The van der Waals surface area contributed by atoms with Crippen LogP contribution in [-0.2, 0) is 6.54 Å². The van der Waals surface area contributed by atoms with Crippen LogP contribution in [0.3, 0.4) is 0 Å². The summed E-state index contributed by atoms with van der Waals surface area (Å²) < 4.78 is 0. The van der Waals surface area contributed by atoms with E-state index in [4.69, 9.17) is 0 Å². The number of pyridine rings is 2. The van der Waals surface area contributed by atoms with E-state index in [1.807, 2.05) is 35.8 Å². The first-order chi connectivity index (χ1) is 12.4. The molecule has 25 heavy (non-hydrogen) atoms. The van der Waals surface area contributed by atoms with Gasteiger partial charge in [0.25, 0.3) is 0 Å². The smallest absolute Gasteiger partial charge is 0.141 e. The highest BCUT2D eigenvalue weighted by molar-refractivity contribution is 7.13. The molecule has 1 aliphatic heterocycles. The van der Waals surface area contributed by atoms with Crippen LogP contribution in [0.2, 0.25) is 0 Å². The number of aromatic nitrogens is 3. The number of hydrogen-bond donors (Lipinski definition) is 1. The van der Waals surface area contributed by atoms with Crippen molar-refractivity contribution in [2.24, 2.45) is 0 Å². The molecule has 4 heterocycles. The van der Waals surface area contributed by atoms with Gasteiger partial charge in [-0.2, -0.15) is 0 Å². The second kappa shape index (κ2) is 7.55. The first kappa shape index (κ1) is 15.9. The molecule has 0 radical (unpaired) electrons. The van der Waals surface area contributed by atoms with Crippen molar-refractivity contribution < 1.29 is 0 Å². The Bertz CT molecular complexity index is 843. The van der Waals surface area contributed by atoms with Crippen molar-refractivity contribution in [1.29, 1.82) is 0 Å². The SMILES string of the molecule is C1=CCN(Cc2ccc(Nc3cccc(-c4nccs4)n3)nc2)CC1. The average Bonchev–Trinajstić information content (AvgIpc) is 3.19. The number of anilines is 2. The molecule has 1 N–H and O–H groups in total. The fraction of sp³-hybridized carbons (Fsp3) is 0.211. The zero-order valence-electron chi connectivity index (χ0n) is 13.8. The molecule has 0 spiro atoms. The molecule has 1 aliphatic rings. The van der Waals surface area contributed by atoms with Crippen molar-refractivity contribution in [3.05, 3.63) is 65.8 Å². The lowest BCUT2D eigenvalue weighted by molar-refractivity contribution is 0.290. The molecule has 0 amide bonds. The average molecular weight is 349 g/mol. The summed E-state index contributed by atoms with van der Waals surface area (Å²) in [6.07, 6.45) is 9.34. The number of nitrogens with one attached hydrogen (secondary N) is 1. The van der Waals surface area contributed by atoms with Crippen LogP contribution >= 0.6 is 11.3 Å². The molecular weight excluding hydrogens is 330 g/mol. The lowest BCUT2D eigenvalue weighted by Crippen LogP contribution is -2.26. The van der Waals surface area contributed by atoms with Crippen LogP contribution in [0.4, 0.5) is 11.6 Å². The maximum absolute atomic E-state index is 4.61. The van der Waals surface area contributed by atoms with Gasteiger partial charge in [0.1, 0.15) is 22.3 Å². The molecule has 0 atom stereocenters. The predicted molar refractivity (Wildman–Crippen MR) is 102 cm³/mol. The van der Waals surface area contributed by atoms with Crippen LogP contribution in [0, 0.1) is 0 Å². The highest BCUT2D eigenvalue weighted by atomic mass is 32.1. The van der Waals surface area contributed by atoms with E-state index < -0.39 is 0 Å². The third kappa shape index (κ3) is 4.10. The predicted octanol–water partition coefficient (Wildman–Crippen LogP) is 4.11. The summed E-state index contributed by atoms with van der Waals surface area (Å²) in [6.45, 7) is 3.08. The summed E-state index contributed by atoms with van der Waals surface area (Å²) in [5.41, 5.74) is 2.10. The molecule has 0 aromatic carbocycles. The van der Waals surface area contributed by atoms with Crippen LogP contribution in [0.1, 0.15) is 12.0 Å². The topological polar surface area (TPSA) is 53.9 Å². The second-order valence-corrected chi connectivity index (χ2v) is 6.81. The van der Waals surface area contributed by atoms with Gasteiger partial charge in [0.2, 0.25) is 0 Å². The first-order valence-electron chi connectivity index (χ1n) is 8.33. The summed E-state index contributed by atoms with van der Waals surface area (Å²) >= 11 is 1.58. The lowest BCUT2D eigenvalue weighted by atomic mass is 10.2. The van der Waals surface area contributed by atoms with Gasteiger partial charge >= 0.3 is 0 Å². The molecule has 126 valence electrons. The van der Waals surface area contributed by atoms with E-state index in [1.165, 1.54) is 5.56 Å². The van der Waals surface area contributed by atoms with E-state index in [-0.39, 0.29) is 0 Å². The van der Waals surface area contributed by atoms with Crippen LogP contribution in [0.25, 0.3) is 10.7 Å². The van der Waals surface area contributed by atoms with Gasteiger partial charge < -0.3 is 5.32 Å². The Labute approximate surface area is 151 Å². The van der Waals surface area contributed by atoms with Crippen molar-refractivity contribution in [3.63, 3.8) is 0 Å². The Morgan fingerprint density at radius 2 is 2.08 bits per heavy atom. The van der Waals surface area contributed by atoms with Gasteiger partial charge in [-0.05, 0) is 30.2 Å². The van der Waals surface area contributed by atoms with E-state index in [2.05, 4.69) is 43.4 Å². The van der Waals surface area contributed by atoms with E-state index in [0.717, 1.165) is 48.4 Å². The maximum atomic E-state index is 4.61. The summed E-state index contributed by atoms with van der Waals surface area (Å²) in [6, 6.07) is 10.0. The summed E-state index contributed by atoms with van der Waals surface area (Å²) in [5, 5.41) is 6.14. The summed E-state index contributed by atoms with van der Waals surface area (Å²) in [7, 11) is 0. The van der Waals surface area contributed by atoms with Crippen molar-refractivity contribution in [2.75, 3.05) is 18.4 Å². The zero-order chi connectivity index (χ0) is 16.9. The van der Waals surface area contributed by atoms with Crippen molar-refractivity contribution in [3.8, 4) is 10.7 Å². The number of rotatable bonds is 5. The minimum absolute atomic E-state index is 0.772. The Morgan fingerprint density at radius 1 is 1.08 bits per heavy atom.